The highest BCUT2D eigenvalue weighted by molar-refractivity contribution is 5.92. The molecule has 3 aromatic heterocycles. The number of fused-ring (bicyclic) bond motifs is 1. The quantitative estimate of drug-likeness (QED) is 0.206. The molecule has 43 heavy (non-hydrogen) atoms. The molecule has 2 N–H and O–H groups in total. The molecule has 0 bridgehead atoms. The van der Waals surface area contributed by atoms with Crippen LogP contribution in [0, 0.1) is 11.7 Å². The van der Waals surface area contributed by atoms with Crippen molar-refractivity contribution in [3.8, 4) is 11.6 Å². The van der Waals surface area contributed by atoms with Crippen molar-refractivity contribution in [1.82, 2.24) is 29.8 Å². The van der Waals surface area contributed by atoms with E-state index in [2.05, 4.69) is 36.8 Å². The summed E-state index contributed by atoms with van der Waals surface area (Å²) in [6.07, 6.45) is 3.18. The Bertz CT molecular complexity index is 1650. The van der Waals surface area contributed by atoms with E-state index in [9.17, 15) is 18.0 Å². The Morgan fingerprint density at radius 3 is 2.65 bits per heavy atom. The number of H-pyrrole nitrogens is 1. The maximum Gasteiger partial charge on any atom is 0.393 e. The van der Waals surface area contributed by atoms with E-state index in [0.29, 0.717) is 24.6 Å². The molecular formula is C29H28F4N8O2. The molecule has 1 amide bonds. The Hall–Kier alpha value is -4.75. The second-order valence-corrected chi connectivity index (χ2v) is 10.5. The largest absolute Gasteiger partial charge is 0.439 e. The van der Waals surface area contributed by atoms with Gasteiger partial charge in [-0.15, -0.1) is 0 Å². The van der Waals surface area contributed by atoms with Gasteiger partial charge in [-0.05, 0) is 49.0 Å². The van der Waals surface area contributed by atoms with Crippen LogP contribution < -0.4 is 15.0 Å². The molecule has 1 unspecified atom stereocenters. The van der Waals surface area contributed by atoms with Crippen molar-refractivity contribution in [1.29, 1.82) is 0 Å². The first-order valence-corrected chi connectivity index (χ1v) is 13.8. The number of alkyl halides is 3. The third-order valence-corrected chi connectivity index (χ3v) is 7.89. The zero-order chi connectivity index (χ0) is 30.1. The lowest BCUT2D eigenvalue weighted by atomic mass is 9.89. The summed E-state index contributed by atoms with van der Waals surface area (Å²) < 4.78 is 60.2. The third kappa shape index (κ3) is 5.94. The standard InChI is InChI=1S/C29H28F4N8O2/c1-2-24(42)40-10-6-17(7-11-40)20-14-35-26-25(20)27(37-16-36-26)38-22-4-3-19(13-21(22)30)43-23-5-9-34-28(39-23)41-12-8-18(15-41)29(31,32)33/h2-5,9,13-14,16-18H,1,6-8,10-12,15H2,(H2,35,36,37,38). The summed E-state index contributed by atoms with van der Waals surface area (Å²) >= 11 is 0. The van der Waals surface area contributed by atoms with Crippen LogP contribution in [0.15, 0.2) is 55.6 Å². The van der Waals surface area contributed by atoms with Gasteiger partial charge in [-0.2, -0.15) is 18.2 Å². The number of amides is 1. The molecule has 1 aromatic carbocycles. The number of nitrogens with zero attached hydrogens (tertiary/aromatic N) is 6. The number of aromatic amines is 1. The predicted molar refractivity (Wildman–Crippen MR) is 151 cm³/mol. The van der Waals surface area contributed by atoms with Crippen LogP contribution in [0.4, 0.5) is 35.0 Å². The Morgan fingerprint density at radius 1 is 1.12 bits per heavy atom. The van der Waals surface area contributed by atoms with E-state index in [1.54, 1.807) is 11.0 Å². The van der Waals surface area contributed by atoms with E-state index in [1.807, 2.05) is 6.20 Å². The Labute approximate surface area is 243 Å². The number of aromatic nitrogens is 5. The van der Waals surface area contributed by atoms with Gasteiger partial charge in [-0.3, -0.25) is 4.79 Å². The molecule has 2 fully saturated rings. The number of ether oxygens (including phenoxy) is 1. The first kappa shape index (κ1) is 28.4. The minimum atomic E-state index is -4.28. The number of rotatable bonds is 7. The van der Waals surface area contributed by atoms with Gasteiger partial charge in [0.15, 0.2) is 0 Å². The van der Waals surface area contributed by atoms with E-state index >= 15 is 4.39 Å². The summed E-state index contributed by atoms with van der Waals surface area (Å²) in [5.74, 6) is -1.19. The summed E-state index contributed by atoms with van der Waals surface area (Å²) in [5, 5.41) is 3.82. The monoisotopic (exact) mass is 596 g/mol. The summed E-state index contributed by atoms with van der Waals surface area (Å²) in [7, 11) is 0. The van der Waals surface area contributed by atoms with Gasteiger partial charge in [0.1, 0.15) is 29.4 Å². The Balaban J connectivity index is 1.16. The number of carbonyl (C=O) groups is 1. The van der Waals surface area contributed by atoms with Crippen LogP contribution in [0.2, 0.25) is 0 Å². The molecule has 1 atom stereocenters. The SMILES string of the molecule is C=CC(=O)N1CCC(c2c[nH]c3ncnc(Nc4ccc(Oc5ccnc(N6CCC(C(F)(F)F)C6)n5)cc4F)c23)CC1. The molecule has 14 heteroatoms. The van der Waals surface area contributed by atoms with Crippen molar-refractivity contribution in [3.63, 3.8) is 0 Å². The third-order valence-electron chi connectivity index (χ3n) is 7.89. The first-order chi connectivity index (χ1) is 20.7. The second-order valence-electron chi connectivity index (χ2n) is 10.5. The summed E-state index contributed by atoms with van der Waals surface area (Å²) in [4.78, 5) is 35.4. The zero-order valence-corrected chi connectivity index (χ0v) is 22.9. The van der Waals surface area contributed by atoms with Gasteiger partial charge in [0.25, 0.3) is 0 Å². The summed E-state index contributed by atoms with van der Waals surface area (Å²) in [6, 6.07) is 5.68. The highest BCUT2D eigenvalue weighted by atomic mass is 19.4. The van der Waals surface area contributed by atoms with Crippen LogP contribution in [-0.2, 0) is 4.79 Å². The smallest absolute Gasteiger partial charge is 0.393 e. The van der Waals surface area contributed by atoms with Crippen LogP contribution in [0.3, 0.4) is 0 Å². The van der Waals surface area contributed by atoms with E-state index < -0.39 is 17.9 Å². The van der Waals surface area contributed by atoms with Gasteiger partial charge in [0.05, 0.1) is 17.0 Å². The molecule has 10 nitrogen and oxygen atoms in total. The maximum atomic E-state index is 15.3. The van der Waals surface area contributed by atoms with Crippen molar-refractivity contribution in [2.75, 3.05) is 36.4 Å². The zero-order valence-electron chi connectivity index (χ0n) is 22.9. The number of anilines is 3. The average Bonchev–Trinajstić information content (AvgIpc) is 3.67. The molecule has 0 radical (unpaired) electrons. The molecule has 4 aromatic rings. The van der Waals surface area contributed by atoms with E-state index in [0.717, 1.165) is 23.8 Å². The fourth-order valence-corrected chi connectivity index (χ4v) is 5.60. The number of benzene rings is 1. The first-order valence-electron chi connectivity index (χ1n) is 13.8. The number of likely N-dealkylation sites (tertiary alicyclic amines) is 1. The van der Waals surface area contributed by atoms with E-state index in [-0.39, 0.29) is 54.6 Å². The molecule has 0 aliphatic carbocycles. The number of carbonyl (C=O) groups excluding carboxylic acids is 1. The number of hydrogen-bond acceptors (Lipinski definition) is 8. The highest BCUT2D eigenvalue weighted by Crippen LogP contribution is 2.38. The van der Waals surface area contributed by atoms with Gasteiger partial charge in [-0.25, -0.2) is 19.3 Å². The number of piperidine rings is 1. The van der Waals surface area contributed by atoms with Crippen molar-refractivity contribution in [2.24, 2.45) is 5.92 Å². The Kier molecular flexibility index (Phi) is 7.59. The van der Waals surface area contributed by atoms with Crippen LogP contribution in [0.1, 0.15) is 30.7 Å². The predicted octanol–water partition coefficient (Wildman–Crippen LogP) is 5.70. The average molecular weight is 597 g/mol. The lowest BCUT2D eigenvalue weighted by molar-refractivity contribution is -0.168. The van der Waals surface area contributed by atoms with Crippen LogP contribution >= 0.6 is 0 Å². The van der Waals surface area contributed by atoms with Crippen LogP contribution in [0.5, 0.6) is 11.6 Å². The van der Waals surface area contributed by atoms with Crippen molar-refractivity contribution >= 4 is 34.4 Å². The highest BCUT2D eigenvalue weighted by Gasteiger charge is 2.44. The maximum absolute atomic E-state index is 15.3. The molecule has 5 heterocycles. The van der Waals surface area contributed by atoms with Crippen molar-refractivity contribution in [3.05, 3.63) is 67.0 Å². The molecular weight excluding hydrogens is 568 g/mol. The summed E-state index contributed by atoms with van der Waals surface area (Å²) in [6.45, 7) is 4.72. The fourth-order valence-electron chi connectivity index (χ4n) is 5.60. The van der Waals surface area contributed by atoms with Gasteiger partial charge in [0.2, 0.25) is 17.7 Å². The normalized spacial score (nSPS) is 17.8. The lowest BCUT2D eigenvalue weighted by Gasteiger charge is -2.31. The molecule has 0 saturated carbocycles. The van der Waals surface area contributed by atoms with Crippen LogP contribution in [-0.4, -0.2) is 68.1 Å². The second kappa shape index (κ2) is 11.5. The number of nitrogens with one attached hydrogen (secondary N) is 2. The van der Waals surface area contributed by atoms with Gasteiger partial charge >= 0.3 is 6.18 Å². The Morgan fingerprint density at radius 2 is 1.93 bits per heavy atom. The van der Waals surface area contributed by atoms with Crippen LogP contribution in [0.25, 0.3) is 11.0 Å². The molecule has 6 rings (SSSR count). The lowest BCUT2D eigenvalue weighted by Crippen LogP contribution is -2.36. The van der Waals surface area contributed by atoms with Crippen molar-refractivity contribution < 1.29 is 27.1 Å². The minimum absolute atomic E-state index is 0.0312. The van der Waals surface area contributed by atoms with Gasteiger partial charge in [-0.1, -0.05) is 6.58 Å². The van der Waals surface area contributed by atoms with E-state index in [1.165, 1.54) is 41.7 Å². The van der Waals surface area contributed by atoms with Gasteiger partial charge < -0.3 is 24.8 Å². The summed E-state index contributed by atoms with van der Waals surface area (Å²) in [5.41, 5.74) is 1.75. The minimum Gasteiger partial charge on any atom is -0.439 e. The fraction of sp³-hybridized carbons (Fsp3) is 0.345. The van der Waals surface area contributed by atoms with Gasteiger partial charge in [0, 0.05) is 50.7 Å². The van der Waals surface area contributed by atoms with E-state index in [4.69, 9.17) is 4.74 Å². The molecule has 0 spiro atoms. The number of hydrogen-bond donors (Lipinski definition) is 2. The molecule has 2 saturated heterocycles. The van der Waals surface area contributed by atoms with Crippen molar-refractivity contribution in [2.45, 2.75) is 31.4 Å². The molecule has 224 valence electrons. The number of halogens is 4. The topological polar surface area (TPSA) is 112 Å². The molecule has 2 aliphatic rings. The molecule has 2 aliphatic heterocycles.